The van der Waals surface area contributed by atoms with E-state index in [4.69, 9.17) is 6.85 Å². The third kappa shape index (κ3) is 4.47. The predicted octanol–water partition coefficient (Wildman–Crippen LogP) is 10.7. The van der Waals surface area contributed by atoms with Gasteiger partial charge in [-0.05, 0) is 80.8 Å². The molecule has 196 valence electrons. The van der Waals surface area contributed by atoms with E-state index in [-0.39, 0.29) is 52.0 Å². The van der Waals surface area contributed by atoms with Crippen molar-refractivity contribution in [1.82, 2.24) is 4.57 Å². The van der Waals surface area contributed by atoms with E-state index in [1.165, 1.54) is 16.7 Å². The topological polar surface area (TPSA) is 4.93 Å². The lowest BCUT2D eigenvalue weighted by atomic mass is 9.80. The molecule has 0 amide bonds. The highest BCUT2D eigenvalue weighted by molar-refractivity contribution is 6.17. The Morgan fingerprint density at radius 3 is 1.76 bits per heavy atom. The number of rotatable bonds is 2. The molecule has 0 spiro atoms. The first kappa shape index (κ1) is 20.6. The van der Waals surface area contributed by atoms with Crippen LogP contribution in [0, 0.1) is 6.92 Å². The molecule has 0 fully saturated rings. The van der Waals surface area contributed by atoms with Crippen LogP contribution in [0.5, 0.6) is 0 Å². The van der Waals surface area contributed by atoms with Gasteiger partial charge < -0.3 is 4.57 Å². The molecule has 0 aliphatic rings. The van der Waals surface area contributed by atoms with Gasteiger partial charge in [-0.1, -0.05) is 117 Å². The number of hydrogen-bond acceptors (Lipinski definition) is 0. The fourth-order valence-electron chi connectivity index (χ4n) is 5.61. The second kappa shape index (κ2) is 8.87. The molecule has 0 unspecified atom stereocenters. The van der Waals surface area contributed by atoms with Gasteiger partial charge in [0.1, 0.15) is 0 Å². The first-order chi connectivity index (χ1) is 19.7. The molecule has 38 heavy (non-hydrogen) atoms. The molecule has 0 saturated carbocycles. The molecule has 5 aromatic rings. The molecule has 5 rings (SSSR count). The Morgan fingerprint density at radius 1 is 0.632 bits per heavy atom. The lowest BCUT2D eigenvalue weighted by Crippen LogP contribution is -2.17. The molecule has 1 heterocycles. The standard InChI is InChI=1S/C37H43N/c1-24-30(37(8,9)10)19-20-32-33(24)34-29(25-15-12-11-13-16-25)17-14-18-31(34)38(32)28-22-26(35(2,3)4)21-27(23-28)36(5,6)7/h11-23H,1-10H3/i11D,12D,13D,15D,16D. The number of aryl methyl sites for hydroxylation is 1. The first-order valence-corrected chi connectivity index (χ1v) is 13.6. The molecule has 0 N–H and O–H groups in total. The molecule has 1 nitrogen and oxygen atoms in total. The monoisotopic (exact) mass is 506 g/mol. The molecule has 0 aliphatic carbocycles. The molecule has 4 aromatic carbocycles. The average molecular weight is 507 g/mol. The lowest BCUT2D eigenvalue weighted by Gasteiger charge is -2.27. The van der Waals surface area contributed by atoms with Crippen LogP contribution in [0.25, 0.3) is 38.6 Å². The van der Waals surface area contributed by atoms with Gasteiger partial charge in [-0.15, -0.1) is 0 Å². The van der Waals surface area contributed by atoms with Crippen molar-refractivity contribution in [2.75, 3.05) is 0 Å². The van der Waals surface area contributed by atoms with Gasteiger partial charge in [0.15, 0.2) is 0 Å². The summed E-state index contributed by atoms with van der Waals surface area (Å²) in [4.78, 5) is 0. The lowest BCUT2D eigenvalue weighted by molar-refractivity contribution is 0.568. The Balaban J connectivity index is 2.04. The van der Waals surface area contributed by atoms with E-state index in [1.807, 2.05) is 12.1 Å². The second-order valence-electron chi connectivity index (χ2n) is 13.7. The van der Waals surface area contributed by atoms with Gasteiger partial charge in [0.2, 0.25) is 0 Å². The molecule has 0 aliphatic heterocycles. The molecule has 0 radical (unpaired) electrons. The van der Waals surface area contributed by atoms with E-state index < -0.39 is 0 Å². The minimum atomic E-state index is -0.381. The summed E-state index contributed by atoms with van der Waals surface area (Å²) in [5.41, 5.74) is 8.51. The molecule has 0 saturated heterocycles. The van der Waals surface area contributed by atoms with Crippen molar-refractivity contribution in [3.05, 3.63) is 101 Å². The van der Waals surface area contributed by atoms with E-state index in [2.05, 4.69) is 110 Å². The number of benzene rings is 4. The molecule has 0 bridgehead atoms. The zero-order chi connectivity index (χ0) is 32.0. The average Bonchev–Trinajstić information content (AvgIpc) is 3.25. The van der Waals surface area contributed by atoms with Crippen molar-refractivity contribution >= 4 is 21.8 Å². The van der Waals surface area contributed by atoms with Crippen molar-refractivity contribution in [2.24, 2.45) is 0 Å². The van der Waals surface area contributed by atoms with Crippen LogP contribution in [0.3, 0.4) is 0 Å². The summed E-state index contributed by atoms with van der Waals surface area (Å²) in [5.74, 6) is 0. The molecular weight excluding hydrogens is 458 g/mol. The summed E-state index contributed by atoms with van der Waals surface area (Å²) in [6.07, 6.45) is 0. The highest BCUT2D eigenvalue weighted by atomic mass is 15.0. The van der Waals surface area contributed by atoms with Gasteiger partial charge >= 0.3 is 0 Å². The Morgan fingerprint density at radius 2 is 1.21 bits per heavy atom. The second-order valence-corrected chi connectivity index (χ2v) is 13.7. The highest BCUT2D eigenvalue weighted by Gasteiger charge is 2.25. The predicted molar refractivity (Wildman–Crippen MR) is 167 cm³/mol. The van der Waals surface area contributed by atoms with Gasteiger partial charge in [0.05, 0.1) is 17.9 Å². The maximum atomic E-state index is 8.84. The summed E-state index contributed by atoms with van der Waals surface area (Å²) >= 11 is 0. The van der Waals surface area contributed by atoms with Crippen LogP contribution in [-0.4, -0.2) is 4.57 Å². The highest BCUT2D eigenvalue weighted by Crippen LogP contribution is 2.43. The fourth-order valence-corrected chi connectivity index (χ4v) is 5.61. The number of hydrogen-bond donors (Lipinski definition) is 0. The smallest absolute Gasteiger partial charge is 0.0629 e. The van der Waals surface area contributed by atoms with Crippen LogP contribution in [0.2, 0.25) is 0 Å². The van der Waals surface area contributed by atoms with Crippen molar-refractivity contribution in [1.29, 1.82) is 0 Å². The van der Waals surface area contributed by atoms with Gasteiger partial charge in [0.25, 0.3) is 0 Å². The van der Waals surface area contributed by atoms with Crippen LogP contribution in [0.4, 0.5) is 0 Å². The minimum absolute atomic E-state index is 0.0669. The van der Waals surface area contributed by atoms with Crippen molar-refractivity contribution in [3.63, 3.8) is 0 Å². The summed E-state index contributed by atoms with van der Waals surface area (Å²) in [6.45, 7) is 22.2. The van der Waals surface area contributed by atoms with Gasteiger partial charge in [0, 0.05) is 16.5 Å². The minimum Gasteiger partial charge on any atom is -0.309 e. The molecule has 1 aromatic heterocycles. The van der Waals surface area contributed by atoms with Crippen molar-refractivity contribution in [2.45, 2.75) is 85.5 Å². The van der Waals surface area contributed by atoms with Crippen LogP contribution in [0.1, 0.15) is 91.4 Å². The summed E-state index contributed by atoms with van der Waals surface area (Å²) < 4.78 is 45.0. The Bertz CT molecular complexity index is 1860. The normalized spacial score (nSPS) is 14.8. The first-order valence-electron chi connectivity index (χ1n) is 16.1. The number of fused-ring (bicyclic) bond motifs is 3. The van der Waals surface area contributed by atoms with Crippen molar-refractivity contribution in [3.8, 4) is 16.8 Å². The maximum Gasteiger partial charge on any atom is 0.0629 e. The third-order valence-electron chi connectivity index (χ3n) is 7.70. The van der Waals surface area contributed by atoms with Gasteiger partial charge in [-0.3, -0.25) is 0 Å². The van der Waals surface area contributed by atoms with Crippen LogP contribution in [-0.2, 0) is 16.2 Å². The maximum absolute atomic E-state index is 8.84. The number of aromatic nitrogens is 1. The Kier molecular flexibility index (Phi) is 4.81. The van der Waals surface area contributed by atoms with E-state index in [9.17, 15) is 0 Å². The largest absolute Gasteiger partial charge is 0.309 e. The van der Waals surface area contributed by atoms with Gasteiger partial charge in [-0.25, -0.2) is 0 Å². The summed E-state index contributed by atoms with van der Waals surface area (Å²) in [7, 11) is 0. The zero-order valence-corrected chi connectivity index (χ0v) is 24.6. The summed E-state index contributed by atoms with van der Waals surface area (Å²) in [6, 6.07) is 15.8. The van der Waals surface area contributed by atoms with Crippen LogP contribution in [0.15, 0.2) is 78.7 Å². The van der Waals surface area contributed by atoms with E-state index >= 15 is 0 Å². The van der Waals surface area contributed by atoms with Crippen LogP contribution < -0.4 is 0 Å². The molecule has 0 atom stereocenters. The zero-order valence-electron chi connectivity index (χ0n) is 29.6. The Hall–Kier alpha value is -3.32. The van der Waals surface area contributed by atoms with E-state index in [0.29, 0.717) is 5.56 Å². The summed E-state index contributed by atoms with van der Waals surface area (Å²) in [5, 5.41) is 1.95. The van der Waals surface area contributed by atoms with E-state index in [1.54, 1.807) is 0 Å². The van der Waals surface area contributed by atoms with Crippen molar-refractivity contribution < 1.29 is 6.85 Å². The Labute approximate surface area is 236 Å². The number of nitrogens with zero attached hydrogens (tertiary/aromatic N) is 1. The van der Waals surface area contributed by atoms with E-state index in [0.717, 1.165) is 33.1 Å². The molecule has 1 heteroatoms. The van der Waals surface area contributed by atoms with Crippen LogP contribution >= 0.6 is 0 Å². The third-order valence-corrected chi connectivity index (χ3v) is 7.70. The molecular formula is C37H43N. The quantitative estimate of drug-likeness (QED) is 0.224. The fraction of sp³-hybridized carbons (Fsp3) is 0.351. The SMILES string of the molecule is [2H]c1c([2H])c([2H])c(-c2cccc3c2c2c(C)c(C(C)(C)C)ccc2n3-c2cc(C(C)(C)C)cc(C(C)(C)C)c2)c([2H])c1[2H]. The van der Waals surface area contributed by atoms with Gasteiger partial charge in [-0.2, -0.15) is 0 Å².